The number of halogens is 1. The Morgan fingerprint density at radius 3 is 2.00 bits per heavy atom. The molecule has 0 aliphatic heterocycles. The van der Waals surface area contributed by atoms with Crippen molar-refractivity contribution in [2.24, 2.45) is 5.92 Å². The average Bonchev–Trinajstić information content (AvgIpc) is 2.77. The molecule has 2 rings (SSSR count). The van der Waals surface area contributed by atoms with Gasteiger partial charge in [-0.1, -0.05) is 25.5 Å². The predicted octanol–water partition coefficient (Wildman–Crippen LogP) is -0.963. The molecule has 33 heavy (non-hydrogen) atoms. The van der Waals surface area contributed by atoms with Gasteiger partial charge in [0.2, 0.25) is 0 Å². The number of hydrogen-bond acceptors (Lipinski definition) is 7. The van der Waals surface area contributed by atoms with Crippen LogP contribution < -0.4 is 16.2 Å². The van der Waals surface area contributed by atoms with Crippen molar-refractivity contribution in [2.75, 3.05) is 6.54 Å². The summed E-state index contributed by atoms with van der Waals surface area (Å²) in [6.45, 7) is 1.83. The van der Waals surface area contributed by atoms with Gasteiger partial charge in [0.1, 0.15) is 5.82 Å². The number of aliphatic carboxylic acids is 1. The summed E-state index contributed by atoms with van der Waals surface area (Å²) < 4.78 is 13.8. The first kappa shape index (κ1) is 26.2. The molecule has 0 heterocycles. The van der Waals surface area contributed by atoms with E-state index in [-0.39, 0.29) is 34.2 Å². The second-order valence-corrected chi connectivity index (χ2v) is 7.68. The lowest BCUT2D eigenvalue weighted by molar-refractivity contribution is -0.141. The molecule has 0 spiro atoms. The summed E-state index contributed by atoms with van der Waals surface area (Å²) in [5, 5.41) is 49.1. The van der Waals surface area contributed by atoms with Crippen molar-refractivity contribution in [1.29, 1.82) is 0 Å². The lowest BCUT2D eigenvalue weighted by atomic mass is 9.77. The zero-order valence-electron chi connectivity index (χ0n) is 17.9. The Balaban J connectivity index is 2.20. The molecule has 0 bridgehead atoms. The van der Waals surface area contributed by atoms with Crippen LogP contribution in [0.5, 0.6) is 0 Å². The van der Waals surface area contributed by atoms with E-state index < -0.39 is 43.6 Å². The number of carboxylic acids is 1. The summed E-state index contributed by atoms with van der Waals surface area (Å²) in [7, 11) is -3.98. The molecular weight excluding hydrogens is 435 g/mol. The number of rotatable bonds is 11. The fraction of sp³-hybridized carbons (Fsp3) is 0.286. The van der Waals surface area contributed by atoms with Crippen LogP contribution in [0.15, 0.2) is 36.4 Å². The molecule has 174 valence electrons. The maximum atomic E-state index is 13.8. The van der Waals surface area contributed by atoms with Crippen LogP contribution >= 0.6 is 0 Å². The van der Waals surface area contributed by atoms with Gasteiger partial charge in [-0.15, -0.1) is 0 Å². The van der Waals surface area contributed by atoms with E-state index >= 15 is 0 Å². The van der Waals surface area contributed by atoms with Crippen LogP contribution in [0.1, 0.15) is 52.5 Å². The molecular formula is C21H24B2FNO8. The van der Waals surface area contributed by atoms with Crippen molar-refractivity contribution in [1.82, 2.24) is 5.32 Å². The maximum absolute atomic E-state index is 13.8. The largest absolute Gasteiger partial charge is 0.488 e. The van der Waals surface area contributed by atoms with E-state index in [1.165, 1.54) is 12.1 Å². The van der Waals surface area contributed by atoms with E-state index in [2.05, 4.69) is 5.32 Å². The Bertz CT molecular complexity index is 1030. The second kappa shape index (κ2) is 11.7. The smallest absolute Gasteiger partial charge is 0.481 e. The topological polar surface area (TPSA) is 164 Å². The lowest BCUT2D eigenvalue weighted by Gasteiger charge is -2.11. The van der Waals surface area contributed by atoms with Crippen molar-refractivity contribution in [3.8, 4) is 0 Å². The fourth-order valence-electron chi connectivity index (χ4n) is 3.13. The Kier molecular flexibility index (Phi) is 9.30. The van der Waals surface area contributed by atoms with E-state index in [1.54, 1.807) is 6.92 Å². The third-order valence-electron chi connectivity index (χ3n) is 5.03. The van der Waals surface area contributed by atoms with Gasteiger partial charge in [-0.3, -0.25) is 14.4 Å². The number of unbranched alkanes of at least 4 members (excludes halogenated alkanes) is 1. The number of carboxylic acid groups (broad SMARTS) is 1. The van der Waals surface area contributed by atoms with Crippen molar-refractivity contribution in [3.05, 3.63) is 58.9 Å². The van der Waals surface area contributed by atoms with Crippen molar-refractivity contribution in [3.63, 3.8) is 0 Å². The molecule has 2 aromatic rings. The van der Waals surface area contributed by atoms with Gasteiger partial charge in [0.05, 0.1) is 5.92 Å². The molecule has 1 amide bonds. The average molecular weight is 459 g/mol. The third kappa shape index (κ3) is 7.50. The highest BCUT2D eigenvalue weighted by molar-refractivity contribution is 6.59. The Labute approximate surface area is 190 Å². The highest BCUT2D eigenvalue weighted by atomic mass is 19.1. The van der Waals surface area contributed by atoms with Crippen molar-refractivity contribution in [2.45, 2.75) is 26.2 Å². The maximum Gasteiger partial charge on any atom is 0.488 e. The van der Waals surface area contributed by atoms with Gasteiger partial charge in [0.15, 0.2) is 5.78 Å². The number of hydrogen-bond donors (Lipinski definition) is 6. The summed E-state index contributed by atoms with van der Waals surface area (Å²) in [6.07, 6.45) is 1.55. The van der Waals surface area contributed by atoms with Gasteiger partial charge in [0.25, 0.3) is 5.91 Å². The first-order chi connectivity index (χ1) is 15.5. The molecule has 0 radical (unpaired) electrons. The highest BCUT2D eigenvalue weighted by Gasteiger charge is 2.21. The van der Waals surface area contributed by atoms with Crippen LogP contribution in [0.25, 0.3) is 0 Å². The van der Waals surface area contributed by atoms with E-state index in [1.807, 2.05) is 0 Å². The van der Waals surface area contributed by atoms with Gasteiger partial charge in [-0.2, -0.15) is 0 Å². The summed E-state index contributed by atoms with van der Waals surface area (Å²) >= 11 is 0. The summed E-state index contributed by atoms with van der Waals surface area (Å²) in [4.78, 5) is 36.2. The van der Waals surface area contributed by atoms with E-state index in [9.17, 15) is 38.9 Å². The number of nitrogens with one attached hydrogen (secondary N) is 1. The molecule has 1 atom stereocenters. The Morgan fingerprint density at radius 1 is 0.879 bits per heavy atom. The summed E-state index contributed by atoms with van der Waals surface area (Å²) in [6, 6.07) is 6.35. The monoisotopic (exact) mass is 459 g/mol. The minimum absolute atomic E-state index is 0.0401. The van der Waals surface area contributed by atoms with Crippen LogP contribution in [0.4, 0.5) is 4.39 Å². The molecule has 12 heteroatoms. The van der Waals surface area contributed by atoms with Crippen LogP contribution in [0.2, 0.25) is 0 Å². The van der Waals surface area contributed by atoms with Crippen LogP contribution in [-0.2, 0) is 4.79 Å². The van der Waals surface area contributed by atoms with Gasteiger partial charge < -0.3 is 30.5 Å². The minimum atomic E-state index is -2.00. The van der Waals surface area contributed by atoms with E-state index in [4.69, 9.17) is 5.11 Å². The Hall–Kier alpha value is -3.05. The minimum Gasteiger partial charge on any atom is -0.481 e. The van der Waals surface area contributed by atoms with Gasteiger partial charge in [0, 0.05) is 23.2 Å². The molecule has 0 aliphatic rings. The SMILES string of the molecule is C[C@@H](CCCCNC(=O)c1cc(B(O)O)cc(C(=O)c2cc(F)cc(B(O)O)c2)c1)C(=O)O. The van der Waals surface area contributed by atoms with Crippen LogP contribution in [-0.4, -0.2) is 63.6 Å². The van der Waals surface area contributed by atoms with Crippen LogP contribution in [0, 0.1) is 11.7 Å². The lowest BCUT2D eigenvalue weighted by Crippen LogP contribution is -2.33. The Morgan fingerprint density at radius 2 is 1.42 bits per heavy atom. The molecule has 0 aromatic heterocycles. The van der Waals surface area contributed by atoms with Gasteiger partial charge >= 0.3 is 20.2 Å². The molecule has 0 unspecified atom stereocenters. The normalized spacial score (nSPS) is 11.6. The van der Waals surface area contributed by atoms with E-state index in [0.29, 0.717) is 19.3 Å². The number of ketones is 1. The number of carbonyl (C=O) groups excluding carboxylic acids is 2. The quantitative estimate of drug-likeness (QED) is 0.142. The first-order valence-electron chi connectivity index (χ1n) is 10.2. The molecule has 6 N–H and O–H groups in total. The molecule has 0 aliphatic carbocycles. The number of amides is 1. The van der Waals surface area contributed by atoms with Crippen LogP contribution in [0.3, 0.4) is 0 Å². The molecule has 2 aromatic carbocycles. The molecule has 0 saturated carbocycles. The van der Waals surface area contributed by atoms with Gasteiger partial charge in [-0.25, -0.2) is 4.39 Å². The highest BCUT2D eigenvalue weighted by Crippen LogP contribution is 2.13. The summed E-state index contributed by atoms with van der Waals surface area (Å²) in [5.41, 5.74) is -0.778. The second-order valence-electron chi connectivity index (χ2n) is 7.68. The van der Waals surface area contributed by atoms with Crippen molar-refractivity contribution >= 4 is 42.8 Å². The molecule has 0 fully saturated rings. The zero-order chi connectivity index (χ0) is 24.7. The first-order valence-corrected chi connectivity index (χ1v) is 10.2. The molecule has 9 nitrogen and oxygen atoms in total. The molecule has 0 saturated heterocycles. The standard InChI is InChI=1S/C21H24B2FNO8/c1-12(21(28)29)4-2-3-5-25-20(27)15-6-13(7-16(9-15)22(30)31)19(26)14-8-17(23(32)33)11-18(24)10-14/h6-12,30-33H,2-5H2,1H3,(H,25,27)(H,28,29)/t12-/m0/s1. The predicted molar refractivity (Wildman–Crippen MR) is 119 cm³/mol. The summed E-state index contributed by atoms with van der Waals surface area (Å²) in [5.74, 6) is -3.63. The van der Waals surface area contributed by atoms with Gasteiger partial charge in [-0.05, 0) is 48.0 Å². The third-order valence-corrected chi connectivity index (χ3v) is 5.03. The van der Waals surface area contributed by atoms with E-state index in [0.717, 1.165) is 24.3 Å². The number of carbonyl (C=O) groups is 3. The number of benzene rings is 2. The zero-order valence-corrected chi connectivity index (χ0v) is 17.9. The fourth-order valence-corrected chi connectivity index (χ4v) is 3.13. The van der Waals surface area contributed by atoms with Crippen molar-refractivity contribution < 1.29 is 44.0 Å².